The van der Waals surface area contributed by atoms with E-state index in [1.54, 1.807) is 22.6 Å². The Labute approximate surface area is 107 Å². The lowest BCUT2D eigenvalue weighted by Gasteiger charge is -2.11. The first-order valence-electron chi connectivity index (χ1n) is 3.78. The van der Waals surface area contributed by atoms with E-state index in [0.717, 1.165) is 6.07 Å². The van der Waals surface area contributed by atoms with Gasteiger partial charge in [-0.2, -0.15) is 18.4 Å². The van der Waals surface area contributed by atoms with Crippen molar-refractivity contribution < 1.29 is 13.2 Å². The molecule has 1 aromatic carbocycles. The van der Waals surface area contributed by atoms with Crippen LogP contribution in [0.25, 0.3) is 0 Å². The molecule has 0 bridgehead atoms. The van der Waals surface area contributed by atoms with Crippen molar-refractivity contribution >= 4 is 38.5 Å². The average molecular weight is 390 g/mol. The number of halogens is 5. The molecule has 0 atom stereocenters. The zero-order chi connectivity index (χ0) is 11.6. The van der Waals surface area contributed by atoms with Crippen molar-refractivity contribution in [2.75, 3.05) is 0 Å². The van der Waals surface area contributed by atoms with Crippen LogP contribution in [-0.2, 0) is 12.6 Å². The molecule has 1 nitrogen and oxygen atoms in total. The molecule has 0 aliphatic heterocycles. The molecular formula is C9H4BrF3IN. The highest BCUT2D eigenvalue weighted by atomic mass is 127. The minimum Gasteiger partial charge on any atom is -0.198 e. The maximum Gasteiger partial charge on any atom is 0.417 e. The number of hydrogen-bond acceptors (Lipinski definition) is 1. The zero-order valence-corrected chi connectivity index (χ0v) is 10.9. The molecular weight excluding hydrogens is 386 g/mol. The van der Waals surface area contributed by atoms with Crippen LogP contribution in [0, 0.1) is 14.9 Å². The van der Waals surface area contributed by atoms with Crippen molar-refractivity contribution in [2.45, 2.75) is 12.6 Å². The van der Waals surface area contributed by atoms with E-state index in [1.807, 2.05) is 6.07 Å². The number of alkyl halides is 3. The minimum absolute atomic E-state index is 0.0411. The molecule has 0 radical (unpaired) electrons. The fourth-order valence-electron chi connectivity index (χ4n) is 1.03. The lowest BCUT2D eigenvalue weighted by molar-refractivity contribution is -0.138. The Bertz CT molecular complexity index is 423. The van der Waals surface area contributed by atoms with Crippen LogP contribution >= 0.6 is 38.5 Å². The van der Waals surface area contributed by atoms with Gasteiger partial charge in [0.05, 0.1) is 18.1 Å². The molecule has 0 aliphatic rings. The van der Waals surface area contributed by atoms with Crippen LogP contribution in [0.15, 0.2) is 16.6 Å². The van der Waals surface area contributed by atoms with Crippen molar-refractivity contribution in [3.05, 3.63) is 31.3 Å². The van der Waals surface area contributed by atoms with E-state index in [0.29, 0.717) is 10.0 Å². The van der Waals surface area contributed by atoms with E-state index >= 15 is 0 Å². The maximum atomic E-state index is 12.5. The van der Waals surface area contributed by atoms with Crippen molar-refractivity contribution in [3.8, 4) is 6.07 Å². The third-order valence-corrected chi connectivity index (χ3v) is 3.34. The Balaban J connectivity index is 3.31. The third kappa shape index (κ3) is 3.08. The minimum atomic E-state index is -4.37. The van der Waals surface area contributed by atoms with Crippen molar-refractivity contribution in [3.63, 3.8) is 0 Å². The number of benzene rings is 1. The lowest BCUT2D eigenvalue weighted by atomic mass is 10.1. The first-order valence-corrected chi connectivity index (χ1v) is 5.65. The summed E-state index contributed by atoms with van der Waals surface area (Å²) in [7, 11) is 0. The molecule has 0 spiro atoms. The summed E-state index contributed by atoms with van der Waals surface area (Å²) in [6, 6.07) is 4.20. The molecule has 15 heavy (non-hydrogen) atoms. The lowest BCUT2D eigenvalue weighted by Crippen LogP contribution is -2.08. The molecule has 6 heteroatoms. The first-order chi connectivity index (χ1) is 6.86. The largest absolute Gasteiger partial charge is 0.417 e. The monoisotopic (exact) mass is 389 g/mol. The van der Waals surface area contributed by atoms with Crippen LogP contribution in [0.3, 0.4) is 0 Å². The van der Waals surface area contributed by atoms with Gasteiger partial charge >= 0.3 is 6.18 Å². The predicted octanol–water partition coefficient (Wildman–Crippen LogP) is 4.14. The molecule has 0 N–H and O–H groups in total. The van der Waals surface area contributed by atoms with E-state index < -0.39 is 11.7 Å². The highest BCUT2D eigenvalue weighted by Gasteiger charge is 2.33. The summed E-state index contributed by atoms with van der Waals surface area (Å²) in [5.41, 5.74) is -0.346. The quantitative estimate of drug-likeness (QED) is 0.662. The molecule has 1 aromatic rings. The molecule has 0 aliphatic carbocycles. The maximum absolute atomic E-state index is 12.5. The van der Waals surface area contributed by atoms with Gasteiger partial charge in [0, 0.05) is 8.04 Å². The number of hydrogen-bond donors (Lipinski definition) is 0. The van der Waals surface area contributed by atoms with Crippen LogP contribution in [0.2, 0.25) is 0 Å². The summed E-state index contributed by atoms with van der Waals surface area (Å²) in [6.45, 7) is 0. The smallest absolute Gasteiger partial charge is 0.198 e. The Kier molecular flexibility index (Phi) is 4.00. The van der Waals surface area contributed by atoms with E-state index in [1.165, 1.54) is 6.07 Å². The summed E-state index contributed by atoms with van der Waals surface area (Å²) in [5.74, 6) is 0. The molecule has 0 amide bonds. The van der Waals surface area contributed by atoms with Gasteiger partial charge in [-0.25, -0.2) is 0 Å². The van der Waals surface area contributed by atoms with Crippen LogP contribution in [-0.4, -0.2) is 0 Å². The number of nitriles is 1. The first kappa shape index (κ1) is 12.8. The Morgan fingerprint density at radius 1 is 1.40 bits per heavy atom. The number of rotatable bonds is 1. The van der Waals surface area contributed by atoms with Crippen LogP contribution in [0.5, 0.6) is 0 Å². The normalized spacial score (nSPS) is 11.2. The van der Waals surface area contributed by atoms with E-state index in [-0.39, 0.29) is 9.99 Å². The van der Waals surface area contributed by atoms with Gasteiger partial charge in [0.1, 0.15) is 0 Å². The summed E-state index contributed by atoms with van der Waals surface area (Å²) in [5, 5.41) is 8.45. The Hall–Kier alpha value is -0.290. The number of nitrogens with zero attached hydrogens (tertiary/aromatic N) is 1. The molecule has 1 rings (SSSR count). The van der Waals surface area contributed by atoms with Crippen LogP contribution in [0.4, 0.5) is 13.2 Å². The van der Waals surface area contributed by atoms with Gasteiger partial charge in [0.25, 0.3) is 0 Å². The Morgan fingerprint density at radius 2 is 2.00 bits per heavy atom. The van der Waals surface area contributed by atoms with Gasteiger partial charge in [-0.3, -0.25) is 0 Å². The zero-order valence-electron chi connectivity index (χ0n) is 7.20. The SMILES string of the molecule is N#CCc1cc(C(F)(F)F)c(I)cc1Br. The highest BCUT2D eigenvalue weighted by Crippen LogP contribution is 2.35. The molecule has 0 saturated heterocycles. The van der Waals surface area contributed by atoms with Crippen LogP contribution < -0.4 is 0 Å². The Morgan fingerprint density at radius 3 is 2.47 bits per heavy atom. The summed E-state index contributed by atoms with van der Waals surface area (Å²) >= 11 is 4.75. The van der Waals surface area contributed by atoms with Gasteiger partial charge in [0.15, 0.2) is 0 Å². The fraction of sp³-hybridized carbons (Fsp3) is 0.222. The van der Waals surface area contributed by atoms with Crippen molar-refractivity contribution in [1.29, 1.82) is 5.26 Å². The van der Waals surface area contributed by atoms with Crippen LogP contribution in [0.1, 0.15) is 11.1 Å². The van der Waals surface area contributed by atoms with Gasteiger partial charge in [-0.05, 0) is 40.3 Å². The van der Waals surface area contributed by atoms with Gasteiger partial charge in [-0.1, -0.05) is 15.9 Å². The summed E-state index contributed by atoms with van der Waals surface area (Å²) in [6.07, 6.45) is -4.41. The standard InChI is InChI=1S/C9H4BrF3IN/c10-7-4-8(14)6(9(11,12)13)3-5(7)1-2-15/h3-4H,1H2. The van der Waals surface area contributed by atoms with Gasteiger partial charge in [-0.15, -0.1) is 0 Å². The van der Waals surface area contributed by atoms with Gasteiger partial charge < -0.3 is 0 Å². The van der Waals surface area contributed by atoms with E-state index in [2.05, 4.69) is 15.9 Å². The molecule has 80 valence electrons. The molecule has 0 fully saturated rings. The molecule has 0 unspecified atom stereocenters. The average Bonchev–Trinajstić information content (AvgIpc) is 2.07. The third-order valence-electron chi connectivity index (χ3n) is 1.71. The van der Waals surface area contributed by atoms with Gasteiger partial charge in [0.2, 0.25) is 0 Å². The van der Waals surface area contributed by atoms with E-state index in [9.17, 15) is 13.2 Å². The molecule has 0 aromatic heterocycles. The fourth-order valence-corrected chi connectivity index (χ4v) is 2.72. The predicted molar refractivity (Wildman–Crippen MR) is 61.2 cm³/mol. The van der Waals surface area contributed by atoms with Crippen molar-refractivity contribution in [2.24, 2.45) is 0 Å². The topological polar surface area (TPSA) is 23.8 Å². The highest BCUT2D eigenvalue weighted by molar-refractivity contribution is 14.1. The van der Waals surface area contributed by atoms with E-state index in [4.69, 9.17) is 5.26 Å². The second-order valence-electron chi connectivity index (χ2n) is 2.76. The summed E-state index contributed by atoms with van der Waals surface area (Å²) < 4.78 is 38.1. The second-order valence-corrected chi connectivity index (χ2v) is 4.77. The molecule has 0 heterocycles. The second kappa shape index (κ2) is 4.70. The van der Waals surface area contributed by atoms with Crippen molar-refractivity contribution in [1.82, 2.24) is 0 Å². The molecule has 0 saturated carbocycles. The summed E-state index contributed by atoms with van der Waals surface area (Å²) in [4.78, 5) is 0.